The number of carbonyl (C=O) groups is 1. The van der Waals surface area contributed by atoms with Crippen molar-refractivity contribution in [3.05, 3.63) is 42.9 Å². The third-order valence-corrected chi connectivity index (χ3v) is 3.11. The summed E-state index contributed by atoms with van der Waals surface area (Å²) in [5, 5.41) is 6.96. The van der Waals surface area contributed by atoms with E-state index in [1.165, 1.54) is 13.3 Å². The zero-order chi connectivity index (χ0) is 14.8. The summed E-state index contributed by atoms with van der Waals surface area (Å²) < 4.78 is 1.94. The summed E-state index contributed by atoms with van der Waals surface area (Å²) in [6.45, 7) is 1.48. The van der Waals surface area contributed by atoms with E-state index in [4.69, 9.17) is 0 Å². The molecule has 0 unspecified atom stereocenters. The SMILES string of the molecule is CC(=O)Nc1cccc(Nc2ncnc3c2ccn3C)c1. The second-order valence-electron chi connectivity index (χ2n) is 4.77. The second-order valence-corrected chi connectivity index (χ2v) is 4.77. The van der Waals surface area contributed by atoms with Gasteiger partial charge in [0.15, 0.2) is 0 Å². The summed E-state index contributed by atoms with van der Waals surface area (Å²) in [4.78, 5) is 19.6. The van der Waals surface area contributed by atoms with Crippen LogP contribution in [0.25, 0.3) is 11.0 Å². The van der Waals surface area contributed by atoms with Crippen LogP contribution in [-0.4, -0.2) is 20.4 Å². The molecule has 2 heterocycles. The third-order valence-electron chi connectivity index (χ3n) is 3.11. The van der Waals surface area contributed by atoms with Gasteiger partial charge in [-0.1, -0.05) is 6.07 Å². The quantitative estimate of drug-likeness (QED) is 0.774. The highest BCUT2D eigenvalue weighted by molar-refractivity contribution is 5.91. The number of anilines is 3. The maximum absolute atomic E-state index is 11.1. The zero-order valence-corrected chi connectivity index (χ0v) is 11.8. The molecule has 3 rings (SSSR count). The smallest absolute Gasteiger partial charge is 0.221 e. The lowest BCUT2D eigenvalue weighted by molar-refractivity contribution is -0.114. The van der Waals surface area contributed by atoms with Crippen molar-refractivity contribution in [1.29, 1.82) is 0 Å². The van der Waals surface area contributed by atoms with E-state index in [1.807, 2.05) is 48.1 Å². The lowest BCUT2D eigenvalue weighted by atomic mass is 10.2. The fourth-order valence-corrected chi connectivity index (χ4v) is 2.19. The number of amides is 1. The van der Waals surface area contributed by atoms with Crippen molar-refractivity contribution in [3.8, 4) is 0 Å². The van der Waals surface area contributed by atoms with Gasteiger partial charge in [0.2, 0.25) is 5.91 Å². The number of aromatic nitrogens is 3. The molecule has 0 saturated heterocycles. The Morgan fingerprint density at radius 3 is 2.81 bits per heavy atom. The van der Waals surface area contributed by atoms with Crippen LogP contribution in [0.4, 0.5) is 17.2 Å². The molecule has 0 saturated carbocycles. The number of aryl methyl sites for hydroxylation is 1. The summed E-state index contributed by atoms with van der Waals surface area (Å²) in [5.41, 5.74) is 2.46. The zero-order valence-electron chi connectivity index (χ0n) is 11.8. The van der Waals surface area contributed by atoms with Gasteiger partial charge in [0.1, 0.15) is 17.8 Å². The fourth-order valence-electron chi connectivity index (χ4n) is 2.19. The number of nitrogens with zero attached hydrogens (tertiary/aromatic N) is 3. The average molecular weight is 281 g/mol. The van der Waals surface area contributed by atoms with Crippen molar-refractivity contribution in [2.75, 3.05) is 10.6 Å². The van der Waals surface area contributed by atoms with E-state index < -0.39 is 0 Å². The number of fused-ring (bicyclic) bond motifs is 1. The van der Waals surface area contributed by atoms with Crippen LogP contribution in [0.3, 0.4) is 0 Å². The van der Waals surface area contributed by atoms with E-state index in [9.17, 15) is 4.79 Å². The molecule has 0 atom stereocenters. The van der Waals surface area contributed by atoms with Crippen molar-refractivity contribution in [3.63, 3.8) is 0 Å². The van der Waals surface area contributed by atoms with Crippen molar-refractivity contribution >= 4 is 34.1 Å². The van der Waals surface area contributed by atoms with Crippen LogP contribution in [-0.2, 0) is 11.8 Å². The highest BCUT2D eigenvalue weighted by Crippen LogP contribution is 2.24. The monoisotopic (exact) mass is 281 g/mol. The van der Waals surface area contributed by atoms with Crippen molar-refractivity contribution < 1.29 is 4.79 Å². The van der Waals surface area contributed by atoms with E-state index in [-0.39, 0.29) is 5.91 Å². The molecule has 0 aliphatic rings. The van der Waals surface area contributed by atoms with Gasteiger partial charge in [-0.05, 0) is 24.3 Å². The summed E-state index contributed by atoms with van der Waals surface area (Å²) in [6.07, 6.45) is 3.47. The number of nitrogens with one attached hydrogen (secondary N) is 2. The van der Waals surface area contributed by atoms with Gasteiger partial charge < -0.3 is 15.2 Å². The van der Waals surface area contributed by atoms with Gasteiger partial charge in [-0.25, -0.2) is 9.97 Å². The van der Waals surface area contributed by atoms with Crippen LogP contribution < -0.4 is 10.6 Å². The number of rotatable bonds is 3. The fraction of sp³-hybridized carbons (Fsp3) is 0.133. The first-order valence-electron chi connectivity index (χ1n) is 6.54. The minimum absolute atomic E-state index is 0.0976. The van der Waals surface area contributed by atoms with Crippen LogP contribution in [0.1, 0.15) is 6.92 Å². The molecule has 3 aromatic rings. The van der Waals surface area contributed by atoms with E-state index in [0.717, 1.165) is 28.2 Å². The predicted octanol–water partition coefficient (Wildman–Crippen LogP) is 2.67. The number of benzene rings is 1. The summed E-state index contributed by atoms with van der Waals surface area (Å²) in [6, 6.07) is 9.46. The molecule has 0 bridgehead atoms. The molecule has 6 heteroatoms. The first kappa shape index (κ1) is 13.1. The molecule has 2 N–H and O–H groups in total. The van der Waals surface area contributed by atoms with Crippen LogP contribution in [0.5, 0.6) is 0 Å². The van der Waals surface area contributed by atoms with Crippen molar-refractivity contribution in [2.24, 2.45) is 7.05 Å². The van der Waals surface area contributed by atoms with Gasteiger partial charge in [-0.3, -0.25) is 4.79 Å². The standard InChI is InChI=1S/C15H15N5O/c1-10(21)18-11-4-3-5-12(8-11)19-14-13-6-7-20(2)15(13)17-9-16-14/h3-9H,1-2H3,(H,18,21)(H,16,17,19). The molecule has 1 aromatic carbocycles. The Hall–Kier alpha value is -2.89. The van der Waals surface area contributed by atoms with Crippen LogP contribution in [0.2, 0.25) is 0 Å². The number of hydrogen-bond donors (Lipinski definition) is 2. The normalized spacial score (nSPS) is 10.6. The van der Waals surface area contributed by atoms with E-state index in [2.05, 4.69) is 20.6 Å². The lowest BCUT2D eigenvalue weighted by Crippen LogP contribution is -2.05. The Balaban J connectivity index is 1.93. The lowest BCUT2D eigenvalue weighted by Gasteiger charge is -2.09. The molecule has 6 nitrogen and oxygen atoms in total. The number of hydrogen-bond acceptors (Lipinski definition) is 4. The highest BCUT2D eigenvalue weighted by Gasteiger charge is 2.07. The van der Waals surface area contributed by atoms with Crippen molar-refractivity contribution in [2.45, 2.75) is 6.92 Å². The Morgan fingerprint density at radius 2 is 2.00 bits per heavy atom. The first-order valence-corrected chi connectivity index (χ1v) is 6.54. The molecule has 0 aliphatic carbocycles. The molecule has 0 aliphatic heterocycles. The van der Waals surface area contributed by atoms with Crippen LogP contribution in [0, 0.1) is 0 Å². The number of carbonyl (C=O) groups excluding carboxylic acids is 1. The first-order chi connectivity index (χ1) is 10.1. The molecule has 21 heavy (non-hydrogen) atoms. The largest absolute Gasteiger partial charge is 0.340 e. The minimum Gasteiger partial charge on any atom is -0.340 e. The van der Waals surface area contributed by atoms with Gasteiger partial charge in [-0.15, -0.1) is 0 Å². The molecular weight excluding hydrogens is 266 g/mol. The molecule has 0 spiro atoms. The van der Waals surface area contributed by atoms with Crippen LogP contribution >= 0.6 is 0 Å². The Labute approximate surface area is 121 Å². The molecule has 0 radical (unpaired) electrons. The topological polar surface area (TPSA) is 71.8 Å². The summed E-state index contributed by atoms with van der Waals surface area (Å²) >= 11 is 0. The van der Waals surface area contributed by atoms with E-state index >= 15 is 0 Å². The van der Waals surface area contributed by atoms with Crippen molar-refractivity contribution in [1.82, 2.24) is 14.5 Å². The summed E-state index contributed by atoms with van der Waals surface area (Å²) in [7, 11) is 1.94. The third kappa shape index (κ3) is 2.69. The Kier molecular flexibility index (Phi) is 3.27. The minimum atomic E-state index is -0.0976. The highest BCUT2D eigenvalue weighted by atomic mass is 16.1. The van der Waals surface area contributed by atoms with E-state index in [1.54, 1.807) is 0 Å². The van der Waals surface area contributed by atoms with Gasteiger partial charge in [0, 0.05) is 31.5 Å². The van der Waals surface area contributed by atoms with Crippen LogP contribution in [0.15, 0.2) is 42.9 Å². The Morgan fingerprint density at radius 1 is 1.19 bits per heavy atom. The second kappa shape index (κ2) is 5.24. The van der Waals surface area contributed by atoms with Gasteiger partial charge in [0.25, 0.3) is 0 Å². The molecule has 1 amide bonds. The Bertz CT molecular complexity index is 809. The molecule has 0 fully saturated rings. The van der Waals surface area contributed by atoms with E-state index in [0.29, 0.717) is 0 Å². The van der Waals surface area contributed by atoms with Gasteiger partial charge in [0.05, 0.1) is 5.39 Å². The maximum Gasteiger partial charge on any atom is 0.221 e. The predicted molar refractivity (Wildman–Crippen MR) is 82.5 cm³/mol. The molecule has 2 aromatic heterocycles. The van der Waals surface area contributed by atoms with Gasteiger partial charge in [-0.2, -0.15) is 0 Å². The molecule has 106 valence electrons. The average Bonchev–Trinajstić information content (AvgIpc) is 2.82. The maximum atomic E-state index is 11.1. The molecular formula is C15H15N5O. The summed E-state index contributed by atoms with van der Waals surface area (Å²) in [5.74, 6) is 0.639. The van der Waals surface area contributed by atoms with Gasteiger partial charge >= 0.3 is 0 Å².